The monoisotopic (exact) mass is 367 g/mol. The molecule has 0 aliphatic rings. The van der Waals surface area contributed by atoms with Crippen molar-refractivity contribution < 1.29 is 14.3 Å². The number of hydrogen-bond acceptors (Lipinski definition) is 3. The Morgan fingerprint density at radius 3 is 2.08 bits per heavy atom. The van der Waals surface area contributed by atoms with Gasteiger partial charge in [0, 0.05) is 10.7 Å². The smallest absolute Gasteiger partial charge is 0.265 e. The van der Waals surface area contributed by atoms with Crippen LogP contribution in [-0.4, -0.2) is 12.0 Å². The zero-order valence-corrected chi connectivity index (χ0v) is 14.9. The van der Waals surface area contributed by atoms with Crippen molar-refractivity contribution in [3.05, 3.63) is 83.9 Å². The highest BCUT2D eigenvalue weighted by Crippen LogP contribution is 2.24. The summed E-state index contributed by atoms with van der Waals surface area (Å²) in [5, 5.41) is 3.40. The minimum absolute atomic E-state index is 0.239. The van der Waals surface area contributed by atoms with Crippen molar-refractivity contribution in [3.63, 3.8) is 0 Å². The highest BCUT2D eigenvalue weighted by atomic mass is 35.5. The molecule has 1 amide bonds. The predicted molar refractivity (Wildman–Crippen MR) is 103 cm³/mol. The third-order valence-corrected chi connectivity index (χ3v) is 3.85. The van der Waals surface area contributed by atoms with Gasteiger partial charge in [-0.3, -0.25) is 4.79 Å². The van der Waals surface area contributed by atoms with Crippen LogP contribution in [0.15, 0.2) is 78.9 Å². The summed E-state index contributed by atoms with van der Waals surface area (Å²) in [7, 11) is 0. The van der Waals surface area contributed by atoms with Crippen LogP contribution >= 0.6 is 11.6 Å². The summed E-state index contributed by atoms with van der Waals surface area (Å²) in [6, 6.07) is 23.6. The van der Waals surface area contributed by atoms with Crippen LogP contribution in [0.1, 0.15) is 6.92 Å². The molecule has 132 valence electrons. The normalized spacial score (nSPS) is 11.5. The minimum atomic E-state index is -0.647. The molecular weight excluding hydrogens is 350 g/mol. The quantitative estimate of drug-likeness (QED) is 0.622. The number of ether oxygens (including phenoxy) is 2. The zero-order valence-electron chi connectivity index (χ0n) is 14.2. The van der Waals surface area contributed by atoms with E-state index in [4.69, 9.17) is 21.1 Å². The molecule has 0 aliphatic carbocycles. The first-order valence-electron chi connectivity index (χ1n) is 8.16. The van der Waals surface area contributed by atoms with Crippen molar-refractivity contribution in [1.29, 1.82) is 0 Å². The Hall–Kier alpha value is -2.98. The molecule has 0 saturated heterocycles. The zero-order chi connectivity index (χ0) is 18.4. The lowest BCUT2D eigenvalue weighted by atomic mass is 10.3. The average molecular weight is 368 g/mol. The Labute approximate surface area is 157 Å². The summed E-state index contributed by atoms with van der Waals surface area (Å²) in [6.45, 7) is 1.69. The molecule has 3 rings (SSSR count). The van der Waals surface area contributed by atoms with E-state index in [0.29, 0.717) is 22.2 Å². The van der Waals surface area contributed by atoms with Crippen LogP contribution in [0.5, 0.6) is 17.2 Å². The second kappa shape index (κ2) is 8.41. The number of carbonyl (C=O) groups excluding carboxylic acids is 1. The van der Waals surface area contributed by atoms with Crippen LogP contribution in [0.3, 0.4) is 0 Å². The van der Waals surface area contributed by atoms with Gasteiger partial charge < -0.3 is 14.8 Å². The van der Waals surface area contributed by atoms with Crippen molar-refractivity contribution in [3.8, 4) is 17.2 Å². The first-order valence-corrected chi connectivity index (χ1v) is 8.54. The Balaban J connectivity index is 1.56. The second-order valence-electron chi connectivity index (χ2n) is 5.64. The highest BCUT2D eigenvalue weighted by Gasteiger charge is 2.15. The molecule has 0 bridgehead atoms. The van der Waals surface area contributed by atoms with Crippen molar-refractivity contribution in [2.45, 2.75) is 13.0 Å². The van der Waals surface area contributed by atoms with Crippen LogP contribution in [0.25, 0.3) is 0 Å². The number of hydrogen-bond donors (Lipinski definition) is 1. The van der Waals surface area contributed by atoms with Gasteiger partial charge >= 0.3 is 0 Å². The van der Waals surface area contributed by atoms with Gasteiger partial charge in [0.1, 0.15) is 17.2 Å². The van der Waals surface area contributed by atoms with Gasteiger partial charge in [0.15, 0.2) is 6.10 Å². The van der Waals surface area contributed by atoms with E-state index in [9.17, 15) is 4.79 Å². The van der Waals surface area contributed by atoms with Crippen molar-refractivity contribution >= 4 is 23.2 Å². The summed E-state index contributed by atoms with van der Waals surface area (Å²) < 4.78 is 11.4. The third-order valence-electron chi connectivity index (χ3n) is 3.60. The van der Waals surface area contributed by atoms with E-state index < -0.39 is 6.10 Å². The van der Waals surface area contributed by atoms with Crippen LogP contribution in [0.2, 0.25) is 5.02 Å². The van der Waals surface area contributed by atoms with E-state index in [1.807, 2.05) is 30.3 Å². The molecule has 5 heteroatoms. The summed E-state index contributed by atoms with van der Waals surface area (Å²) >= 11 is 5.83. The van der Waals surface area contributed by atoms with E-state index in [0.717, 1.165) is 5.75 Å². The van der Waals surface area contributed by atoms with Gasteiger partial charge in [0.25, 0.3) is 5.91 Å². The molecule has 0 saturated carbocycles. The van der Waals surface area contributed by atoms with E-state index >= 15 is 0 Å². The topological polar surface area (TPSA) is 47.6 Å². The maximum absolute atomic E-state index is 12.2. The van der Waals surface area contributed by atoms with Gasteiger partial charge in [-0.2, -0.15) is 0 Å². The summed E-state index contributed by atoms with van der Waals surface area (Å²) in [4.78, 5) is 12.2. The molecule has 1 atom stereocenters. The lowest BCUT2D eigenvalue weighted by Gasteiger charge is -2.15. The fourth-order valence-electron chi connectivity index (χ4n) is 2.25. The number of carbonyl (C=O) groups is 1. The van der Waals surface area contributed by atoms with Gasteiger partial charge in [-0.05, 0) is 67.6 Å². The molecule has 0 spiro atoms. The van der Waals surface area contributed by atoms with Gasteiger partial charge in [-0.1, -0.05) is 29.8 Å². The number of benzene rings is 3. The van der Waals surface area contributed by atoms with Crippen LogP contribution in [0.4, 0.5) is 5.69 Å². The maximum Gasteiger partial charge on any atom is 0.265 e. The van der Waals surface area contributed by atoms with Crippen molar-refractivity contribution in [2.24, 2.45) is 0 Å². The fourth-order valence-corrected chi connectivity index (χ4v) is 2.37. The number of rotatable bonds is 6. The van der Waals surface area contributed by atoms with Crippen LogP contribution in [0, 0.1) is 0 Å². The van der Waals surface area contributed by atoms with Gasteiger partial charge in [0.05, 0.1) is 0 Å². The Kier molecular flexibility index (Phi) is 5.77. The number of halogens is 1. The largest absolute Gasteiger partial charge is 0.481 e. The van der Waals surface area contributed by atoms with Gasteiger partial charge in [-0.25, -0.2) is 0 Å². The molecule has 0 aliphatic heterocycles. The molecule has 1 unspecified atom stereocenters. The van der Waals surface area contributed by atoms with Gasteiger partial charge in [-0.15, -0.1) is 0 Å². The lowest BCUT2D eigenvalue weighted by Crippen LogP contribution is -2.30. The Morgan fingerprint density at radius 1 is 0.846 bits per heavy atom. The van der Waals surface area contributed by atoms with Gasteiger partial charge in [0.2, 0.25) is 0 Å². The Bertz CT molecular complexity index is 849. The van der Waals surface area contributed by atoms with E-state index in [2.05, 4.69) is 5.32 Å². The van der Waals surface area contributed by atoms with E-state index in [1.54, 1.807) is 55.5 Å². The SMILES string of the molecule is CC(Oc1ccc(Oc2ccccc2)cc1)C(=O)Nc1ccc(Cl)cc1. The van der Waals surface area contributed by atoms with Crippen molar-refractivity contribution in [1.82, 2.24) is 0 Å². The first-order chi connectivity index (χ1) is 12.6. The first kappa shape index (κ1) is 17.8. The van der Waals surface area contributed by atoms with E-state index in [-0.39, 0.29) is 5.91 Å². The molecule has 0 heterocycles. The summed E-state index contributed by atoms with van der Waals surface area (Å²) in [5.41, 5.74) is 0.668. The fraction of sp³-hybridized carbons (Fsp3) is 0.0952. The molecule has 1 N–H and O–H groups in total. The molecule has 3 aromatic carbocycles. The molecule has 4 nitrogen and oxygen atoms in total. The minimum Gasteiger partial charge on any atom is -0.481 e. The number of para-hydroxylation sites is 1. The van der Waals surface area contributed by atoms with Crippen LogP contribution < -0.4 is 14.8 Å². The molecule has 3 aromatic rings. The second-order valence-corrected chi connectivity index (χ2v) is 6.08. The molecule has 0 radical (unpaired) electrons. The van der Waals surface area contributed by atoms with E-state index in [1.165, 1.54) is 0 Å². The standard InChI is InChI=1S/C21H18ClNO3/c1-15(21(24)23-17-9-7-16(22)8-10-17)25-19-11-13-20(14-12-19)26-18-5-3-2-4-6-18/h2-15H,1H3,(H,23,24). The lowest BCUT2D eigenvalue weighted by molar-refractivity contribution is -0.122. The third kappa shape index (κ3) is 5.01. The Morgan fingerprint density at radius 2 is 1.42 bits per heavy atom. The maximum atomic E-state index is 12.2. The average Bonchev–Trinajstić information content (AvgIpc) is 2.66. The summed E-state index contributed by atoms with van der Waals surface area (Å²) in [6.07, 6.45) is -0.647. The van der Waals surface area contributed by atoms with Crippen molar-refractivity contribution in [2.75, 3.05) is 5.32 Å². The predicted octanol–water partition coefficient (Wildman–Crippen LogP) is 5.54. The number of amides is 1. The molecule has 0 fully saturated rings. The molecule has 26 heavy (non-hydrogen) atoms. The number of anilines is 1. The van der Waals surface area contributed by atoms with Crippen LogP contribution in [-0.2, 0) is 4.79 Å². The molecule has 0 aromatic heterocycles. The summed E-state index contributed by atoms with van der Waals surface area (Å²) in [5.74, 6) is 1.81. The molecular formula is C21H18ClNO3. The number of nitrogens with one attached hydrogen (secondary N) is 1. The highest BCUT2D eigenvalue weighted by molar-refractivity contribution is 6.30.